The fourth-order valence-corrected chi connectivity index (χ4v) is 5.19. The minimum atomic E-state index is -0.984. The minimum absolute atomic E-state index is 0.00534. The van der Waals surface area contributed by atoms with E-state index in [9.17, 15) is 22.8 Å². The predicted molar refractivity (Wildman–Crippen MR) is 124 cm³/mol. The highest BCUT2D eigenvalue weighted by Crippen LogP contribution is 2.39. The number of nitrogens with one attached hydrogen (secondary N) is 1. The number of hydrogen-bond donors (Lipinski definition) is 1. The van der Waals surface area contributed by atoms with E-state index < -0.39 is 35.0 Å². The molecule has 0 saturated carbocycles. The normalized spacial score (nSPS) is 22.8. The van der Waals surface area contributed by atoms with E-state index in [4.69, 9.17) is 4.74 Å². The van der Waals surface area contributed by atoms with Crippen molar-refractivity contribution in [1.82, 2.24) is 15.1 Å². The number of nitrogens with zero attached hydrogens (tertiary/aromatic N) is 2. The van der Waals surface area contributed by atoms with Crippen molar-refractivity contribution in [3.8, 4) is 5.75 Å². The third kappa shape index (κ3) is 5.15. The summed E-state index contributed by atoms with van der Waals surface area (Å²) in [6.07, 6.45) is 0.798. The summed E-state index contributed by atoms with van der Waals surface area (Å²) in [5, 5.41) is 3.25. The van der Waals surface area contributed by atoms with Gasteiger partial charge in [0.2, 0.25) is 5.91 Å². The molecule has 9 heteroatoms. The second kappa shape index (κ2) is 10.3. The number of halogens is 3. The number of hydrogen-bond acceptors (Lipinski definition) is 4. The average Bonchev–Trinajstić information content (AvgIpc) is 3.21. The van der Waals surface area contributed by atoms with Gasteiger partial charge in [0, 0.05) is 31.0 Å². The first kappa shape index (κ1) is 25.0. The minimum Gasteiger partial charge on any atom is -0.410 e. The molecule has 1 N–H and O–H groups in total. The largest absolute Gasteiger partial charge is 0.415 e. The molecule has 6 nitrogen and oxygen atoms in total. The first-order valence-electron chi connectivity index (χ1n) is 11.9. The molecule has 2 saturated heterocycles. The quantitative estimate of drug-likeness (QED) is 0.687. The summed E-state index contributed by atoms with van der Waals surface area (Å²) in [7, 11) is 0. The van der Waals surface area contributed by atoms with Crippen molar-refractivity contribution in [2.24, 2.45) is 5.92 Å². The molecule has 2 aromatic rings. The average molecular weight is 490 g/mol. The van der Waals surface area contributed by atoms with Gasteiger partial charge < -0.3 is 19.9 Å². The maximum Gasteiger partial charge on any atom is 0.415 e. The standard InChI is InChI=1S/C26H30F3N3O3/c1-3-32(25(34)35-20-7-5-19(27)6-8-20)23-15-31(24(33)17-10-12-30-13-11-17)16-26(23,2)18-4-9-21(28)22(29)14-18/h4-9,14,17,23,30H,3,10-13,15-16H2,1-2H3/t23-,26-/m1/s1. The summed E-state index contributed by atoms with van der Waals surface area (Å²) in [4.78, 5) is 29.8. The number of likely N-dealkylation sites (tertiary alicyclic amines) is 1. The Labute approximate surface area is 203 Å². The molecule has 35 heavy (non-hydrogen) atoms. The first-order chi connectivity index (χ1) is 16.7. The van der Waals surface area contributed by atoms with Crippen LogP contribution in [0, 0.1) is 23.4 Å². The van der Waals surface area contributed by atoms with Gasteiger partial charge in [0.15, 0.2) is 11.6 Å². The molecule has 0 spiro atoms. The van der Waals surface area contributed by atoms with Gasteiger partial charge in [-0.3, -0.25) is 4.79 Å². The molecule has 0 aliphatic carbocycles. The summed E-state index contributed by atoms with van der Waals surface area (Å²) < 4.78 is 46.7. The molecule has 2 amide bonds. The molecule has 2 heterocycles. The maximum atomic E-state index is 14.2. The maximum absolute atomic E-state index is 14.2. The van der Waals surface area contributed by atoms with E-state index in [-0.39, 0.29) is 37.2 Å². The van der Waals surface area contributed by atoms with Crippen molar-refractivity contribution < 1.29 is 27.5 Å². The highest BCUT2D eigenvalue weighted by atomic mass is 19.2. The Morgan fingerprint density at radius 3 is 2.40 bits per heavy atom. The van der Waals surface area contributed by atoms with Crippen LogP contribution in [0.1, 0.15) is 32.3 Å². The second-order valence-corrected chi connectivity index (χ2v) is 9.41. The van der Waals surface area contributed by atoms with Crippen LogP contribution in [0.5, 0.6) is 5.75 Å². The molecule has 4 rings (SSSR count). The van der Waals surface area contributed by atoms with Gasteiger partial charge in [-0.25, -0.2) is 18.0 Å². The fourth-order valence-electron chi connectivity index (χ4n) is 5.19. The molecule has 0 unspecified atom stereocenters. The Hall–Kier alpha value is -3.07. The van der Waals surface area contributed by atoms with Crippen molar-refractivity contribution in [1.29, 1.82) is 0 Å². The third-order valence-electron chi connectivity index (χ3n) is 7.20. The lowest BCUT2D eigenvalue weighted by molar-refractivity contribution is -0.135. The van der Waals surface area contributed by atoms with Crippen LogP contribution in [-0.4, -0.2) is 60.6 Å². The Morgan fingerprint density at radius 2 is 1.77 bits per heavy atom. The Bertz CT molecular complexity index is 1080. The zero-order valence-electron chi connectivity index (χ0n) is 19.9. The van der Waals surface area contributed by atoms with Gasteiger partial charge in [0.1, 0.15) is 11.6 Å². The van der Waals surface area contributed by atoms with Crippen molar-refractivity contribution in [2.45, 2.75) is 38.1 Å². The van der Waals surface area contributed by atoms with Gasteiger partial charge in [-0.2, -0.15) is 0 Å². The van der Waals surface area contributed by atoms with Crippen LogP contribution in [0.25, 0.3) is 0 Å². The lowest BCUT2D eigenvalue weighted by Gasteiger charge is -2.37. The summed E-state index contributed by atoms with van der Waals surface area (Å²) in [6, 6.07) is 8.27. The van der Waals surface area contributed by atoms with E-state index in [0.29, 0.717) is 5.56 Å². The second-order valence-electron chi connectivity index (χ2n) is 9.41. The lowest BCUT2D eigenvalue weighted by Crippen LogP contribution is -2.52. The lowest BCUT2D eigenvalue weighted by atomic mass is 9.77. The number of carbonyl (C=O) groups excluding carboxylic acids is 2. The van der Waals surface area contributed by atoms with Gasteiger partial charge in [-0.05, 0) is 74.8 Å². The van der Waals surface area contributed by atoms with E-state index in [1.54, 1.807) is 11.8 Å². The predicted octanol–water partition coefficient (Wildman–Crippen LogP) is 4.09. The van der Waals surface area contributed by atoms with Crippen LogP contribution in [0.3, 0.4) is 0 Å². The number of likely N-dealkylation sites (N-methyl/N-ethyl adjacent to an activating group) is 1. The molecular formula is C26H30F3N3O3. The van der Waals surface area contributed by atoms with E-state index in [0.717, 1.165) is 38.1 Å². The molecule has 2 aliphatic heterocycles. The number of carbonyl (C=O) groups is 2. The van der Waals surface area contributed by atoms with Crippen LogP contribution < -0.4 is 10.1 Å². The van der Waals surface area contributed by atoms with Gasteiger partial charge in [-0.15, -0.1) is 0 Å². The highest BCUT2D eigenvalue weighted by Gasteiger charge is 2.50. The Kier molecular flexibility index (Phi) is 7.35. The zero-order chi connectivity index (χ0) is 25.2. The molecule has 0 radical (unpaired) electrons. The van der Waals surface area contributed by atoms with Crippen molar-refractivity contribution in [3.05, 3.63) is 65.5 Å². The zero-order valence-corrected chi connectivity index (χ0v) is 19.9. The number of amides is 2. The van der Waals surface area contributed by atoms with Crippen molar-refractivity contribution >= 4 is 12.0 Å². The molecule has 188 valence electrons. The van der Waals surface area contributed by atoms with Crippen molar-refractivity contribution in [3.63, 3.8) is 0 Å². The Morgan fingerprint density at radius 1 is 1.09 bits per heavy atom. The molecule has 2 aliphatic rings. The number of rotatable bonds is 5. The summed E-state index contributed by atoms with van der Waals surface area (Å²) in [6.45, 7) is 5.93. The smallest absolute Gasteiger partial charge is 0.410 e. The van der Waals surface area contributed by atoms with Gasteiger partial charge in [-0.1, -0.05) is 13.0 Å². The topological polar surface area (TPSA) is 61.9 Å². The van der Waals surface area contributed by atoms with Crippen LogP contribution in [0.2, 0.25) is 0 Å². The third-order valence-corrected chi connectivity index (χ3v) is 7.20. The SMILES string of the molecule is CCN(C(=O)Oc1ccc(F)cc1)[C@@H]1CN(C(=O)C2CCNCC2)C[C@]1(C)c1ccc(F)c(F)c1. The van der Waals surface area contributed by atoms with Gasteiger partial charge >= 0.3 is 6.09 Å². The summed E-state index contributed by atoms with van der Waals surface area (Å²) in [5.41, 5.74) is -0.371. The number of benzene rings is 2. The van der Waals surface area contributed by atoms with E-state index in [2.05, 4.69) is 5.32 Å². The fraction of sp³-hybridized carbons (Fsp3) is 0.462. The van der Waals surface area contributed by atoms with Crippen LogP contribution in [0.4, 0.5) is 18.0 Å². The van der Waals surface area contributed by atoms with Crippen LogP contribution in [0.15, 0.2) is 42.5 Å². The van der Waals surface area contributed by atoms with E-state index in [1.165, 1.54) is 35.2 Å². The van der Waals surface area contributed by atoms with Crippen molar-refractivity contribution in [2.75, 3.05) is 32.7 Å². The molecule has 0 aromatic heterocycles. The van der Waals surface area contributed by atoms with E-state index in [1.807, 2.05) is 6.92 Å². The summed E-state index contributed by atoms with van der Waals surface area (Å²) >= 11 is 0. The molecule has 2 fully saturated rings. The number of piperidine rings is 1. The van der Waals surface area contributed by atoms with Crippen LogP contribution >= 0.6 is 0 Å². The first-order valence-corrected chi connectivity index (χ1v) is 11.9. The van der Waals surface area contributed by atoms with Gasteiger partial charge in [0.25, 0.3) is 0 Å². The highest BCUT2D eigenvalue weighted by molar-refractivity contribution is 5.80. The van der Waals surface area contributed by atoms with E-state index >= 15 is 0 Å². The molecule has 2 aromatic carbocycles. The monoisotopic (exact) mass is 489 g/mol. The summed E-state index contributed by atoms with van der Waals surface area (Å²) in [5.74, 6) is -2.33. The molecule has 0 bridgehead atoms. The number of ether oxygens (including phenoxy) is 1. The molecular weight excluding hydrogens is 459 g/mol. The Balaban J connectivity index is 1.65. The van der Waals surface area contributed by atoms with Gasteiger partial charge in [0.05, 0.1) is 6.04 Å². The van der Waals surface area contributed by atoms with Crippen LogP contribution in [-0.2, 0) is 10.2 Å². The molecule has 2 atom stereocenters.